The number of nitrogens with two attached hydrogens (primary N) is 1. The third kappa shape index (κ3) is 4.73. The van der Waals surface area contributed by atoms with Gasteiger partial charge in [0.25, 0.3) is 10.1 Å². The van der Waals surface area contributed by atoms with E-state index in [9.17, 15) is 8.42 Å². The summed E-state index contributed by atoms with van der Waals surface area (Å²) < 4.78 is 29.9. The van der Waals surface area contributed by atoms with Crippen LogP contribution in [0, 0.1) is 13.8 Å². The number of benzene rings is 2. The summed E-state index contributed by atoms with van der Waals surface area (Å²) in [5.41, 5.74) is 8.08. The van der Waals surface area contributed by atoms with E-state index in [1.807, 2.05) is 31.2 Å². The Morgan fingerprint density at radius 1 is 0.895 bits per heavy atom. The molecular formula is C14H17NO3S. The normalized spacial score (nSPS) is 10.5. The summed E-state index contributed by atoms with van der Waals surface area (Å²) in [6.45, 7) is 3.62. The van der Waals surface area contributed by atoms with Crippen molar-refractivity contribution in [1.82, 2.24) is 0 Å². The van der Waals surface area contributed by atoms with E-state index in [4.69, 9.17) is 10.3 Å². The molecule has 0 bridgehead atoms. The van der Waals surface area contributed by atoms with Gasteiger partial charge in [-0.2, -0.15) is 8.42 Å². The summed E-state index contributed by atoms with van der Waals surface area (Å²) >= 11 is 0. The minimum atomic E-state index is -4.03. The first-order chi connectivity index (χ1) is 8.82. The maximum Gasteiger partial charge on any atom is 0.294 e. The van der Waals surface area contributed by atoms with Crippen LogP contribution in [-0.2, 0) is 10.1 Å². The average Bonchev–Trinajstić information content (AvgIpc) is 2.33. The van der Waals surface area contributed by atoms with Crippen molar-refractivity contribution in [3.05, 3.63) is 59.7 Å². The van der Waals surface area contributed by atoms with E-state index in [-0.39, 0.29) is 4.90 Å². The van der Waals surface area contributed by atoms with Crippen molar-refractivity contribution in [1.29, 1.82) is 0 Å². The second-order valence-corrected chi connectivity index (χ2v) is 5.49. The Balaban J connectivity index is 0.000000200. The van der Waals surface area contributed by atoms with Crippen LogP contribution in [0.4, 0.5) is 5.69 Å². The van der Waals surface area contributed by atoms with Gasteiger partial charge >= 0.3 is 0 Å². The van der Waals surface area contributed by atoms with E-state index >= 15 is 0 Å². The van der Waals surface area contributed by atoms with E-state index in [0.29, 0.717) is 5.56 Å². The molecule has 0 saturated carbocycles. The molecule has 102 valence electrons. The number of hydrogen-bond donors (Lipinski definition) is 2. The Morgan fingerprint density at radius 3 is 1.68 bits per heavy atom. The molecule has 2 rings (SSSR count). The van der Waals surface area contributed by atoms with Crippen molar-refractivity contribution in [2.24, 2.45) is 0 Å². The lowest BCUT2D eigenvalue weighted by Crippen LogP contribution is -1.99. The predicted molar refractivity (Wildman–Crippen MR) is 76.6 cm³/mol. The number of nitrogen functional groups attached to an aromatic ring is 1. The topological polar surface area (TPSA) is 80.4 Å². The van der Waals surface area contributed by atoms with Gasteiger partial charge in [-0.3, -0.25) is 4.55 Å². The van der Waals surface area contributed by atoms with Crippen molar-refractivity contribution in [3.8, 4) is 0 Å². The van der Waals surface area contributed by atoms with Gasteiger partial charge in [-0.25, -0.2) is 0 Å². The van der Waals surface area contributed by atoms with Crippen LogP contribution in [0.2, 0.25) is 0 Å². The first-order valence-electron chi connectivity index (χ1n) is 5.66. The first-order valence-corrected chi connectivity index (χ1v) is 7.10. The van der Waals surface area contributed by atoms with Crippen LogP contribution >= 0.6 is 0 Å². The molecule has 0 saturated heterocycles. The Kier molecular flexibility index (Phi) is 5.09. The van der Waals surface area contributed by atoms with Crippen LogP contribution in [0.15, 0.2) is 53.4 Å². The van der Waals surface area contributed by atoms with E-state index in [0.717, 1.165) is 11.3 Å². The average molecular weight is 279 g/mol. The molecule has 3 N–H and O–H groups in total. The summed E-state index contributed by atoms with van der Waals surface area (Å²) in [5, 5.41) is 0. The molecule has 0 spiro atoms. The molecule has 2 aromatic rings. The summed E-state index contributed by atoms with van der Waals surface area (Å²) in [6, 6.07) is 14.1. The van der Waals surface area contributed by atoms with Gasteiger partial charge in [0.1, 0.15) is 0 Å². The zero-order valence-electron chi connectivity index (χ0n) is 10.9. The van der Waals surface area contributed by atoms with E-state index in [1.54, 1.807) is 25.1 Å². The second kappa shape index (κ2) is 6.36. The van der Waals surface area contributed by atoms with E-state index in [2.05, 4.69) is 0 Å². The first kappa shape index (κ1) is 15.2. The Labute approximate surface area is 113 Å². The lowest BCUT2D eigenvalue weighted by atomic mass is 10.2. The fraction of sp³-hybridized carbons (Fsp3) is 0.143. The fourth-order valence-corrected chi connectivity index (χ4v) is 2.16. The molecule has 2 aromatic carbocycles. The maximum absolute atomic E-state index is 10.6. The molecule has 0 heterocycles. The number of rotatable bonds is 1. The molecule has 5 heteroatoms. The third-order valence-electron chi connectivity index (χ3n) is 2.56. The molecule has 0 atom stereocenters. The van der Waals surface area contributed by atoms with Gasteiger partial charge in [0.2, 0.25) is 0 Å². The summed E-state index contributed by atoms with van der Waals surface area (Å²) in [5.74, 6) is 0. The standard InChI is InChI=1S/C7H9N.C7H8O3S/c1-6-4-2-3-5-7(6)8;1-6-4-2-3-5-7(6)11(8,9)10/h2-5H,8H2,1H3;2-5H,1H3,(H,8,9,10). The van der Waals surface area contributed by atoms with Gasteiger partial charge < -0.3 is 5.73 Å². The molecular weight excluding hydrogens is 262 g/mol. The maximum atomic E-state index is 10.6. The summed E-state index contributed by atoms with van der Waals surface area (Å²) in [7, 11) is -4.03. The van der Waals surface area contributed by atoms with Crippen molar-refractivity contribution in [2.45, 2.75) is 18.7 Å². The van der Waals surface area contributed by atoms with Gasteiger partial charge in [0.15, 0.2) is 0 Å². The van der Waals surface area contributed by atoms with Crippen LogP contribution < -0.4 is 5.73 Å². The molecule has 0 unspecified atom stereocenters. The Morgan fingerprint density at radius 2 is 1.37 bits per heavy atom. The van der Waals surface area contributed by atoms with E-state index in [1.165, 1.54) is 6.07 Å². The van der Waals surface area contributed by atoms with Gasteiger partial charge in [-0.05, 0) is 37.1 Å². The van der Waals surface area contributed by atoms with Gasteiger partial charge in [-0.1, -0.05) is 36.4 Å². The van der Waals surface area contributed by atoms with Crippen molar-refractivity contribution < 1.29 is 13.0 Å². The van der Waals surface area contributed by atoms with Crippen LogP contribution in [0.1, 0.15) is 11.1 Å². The summed E-state index contributed by atoms with van der Waals surface area (Å²) in [4.78, 5) is -0.0278. The monoisotopic (exact) mass is 279 g/mol. The van der Waals surface area contributed by atoms with Crippen molar-refractivity contribution >= 4 is 15.8 Å². The zero-order chi connectivity index (χ0) is 14.5. The van der Waals surface area contributed by atoms with Crippen LogP contribution in [0.25, 0.3) is 0 Å². The summed E-state index contributed by atoms with van der Waals surface area (Å²) in [6.07, 6.45) is 0. The molecule has 0 aliphatic carbocycles. The fourth-order valence-electron chi connectivity index (χ4n) is 1.43. The van der Waals surface area contributed by atoms with Gasteiger partial charge in [-0.15, -0.1) is 0 Å². The molecule has 0 radical (unpaired) electrons. The molecule has 0 aromatic heterocycles. The third-order valence-corrected chi connectivity index (χ3v) is 3.57. The van der Waals surface area contributed by atoms with Crippen LogP contribution in [-0.4, -0.2) is 13.0 Å². The highest BCUT2D eigenvalue weighted by atomic mass is 32.2. The molecule has 0 aliphatic rings. The highest BCUT2D eigenvalue weighted by Crippen LogP contribution is 2.12. The molecule has 0 fully saturated rings. The highest BCUT2D eigenvalue weighted by molar-refractivity contribution is 7.85. The second-order valence-electron chi connectivity index (χ2n) is 4.10. The minimum absolute atomic E-state index is 0.0278. The smallest absolute Gasteiger partial charge is 0.294 e. The number of hydrogen-bond acceptors (Lipinski definition) is 3. The number of anilines is 1. The Bertz CT molecular complexity index is 630. The molecule has 0 aliphatic heterocycles. The molecule has 19 heavy (non-hydrogen) atoms. The van der Waals surface area contributed by atoms with Gasteiger partial charge in [0.05, 0.1) is 4.90 Å². The van der Waals surface area contributed by atoms with E-state index < -0.39 is 10.1 Å². The minimum Gasteiger partial charge on any atom is -0.399 e. The molecule has 0 amide bonds. The number of para-hydroxylation sites is 1. The van der Waals surface area contributed by atoms with Gasteiger partial charge in [0, 0.05) is 5.69 Å². The lowest BCUT2D eigenvalue weighted by molar-refractivity contribution is 0.482. The SMILES string of the molecule is Cc1ccccc1N.Cc1ccccc1S(=O)(=O)O. The zero-order valence-corrected chi connectivity index (χ0v) is 11.7. The Hall–Kier alpha value is -1.85. The largest absolute Gasteiger partial charge is 0.399 e. The van der Waals surface area contributed by atoms with Crippen LogP contribution in [0.5, 0.6) is 0 Å². The van der Waals surface area contributed by atoms with Crippen LogP contribution in [0.3, 0.4) is 0 Å². The number of aryl methyl sites for hydroxylation is 2. The lowest BCUT2D eigenvalue weighted by Gasteiger charge is -1.99. The molecule has 4 nitrogen and oxygen atoms in total. The predicted octanol–water partition coefficient (Wildman–Crippen LogP) is 2.82. The van der Waals surface area contributed by atoms with Crippen molar-refractivity contribution in [2.75, 3.05) is 5.73 Å². The van der Waals surface area contributed by atoms with Crippen molar-refractivity contribution in [3.63, 3.8) is 0 Å². The highest BCUT2D eigenvalue weighted by Gasteiger charge is 2.10. The quantitative estimate of drug-likeness (QED) is 0.621.